The van der Waals surface area contributed by atoms with E-state index in [1.54, 1.807) is 24.3 Å². The standard InChI is InChI=1S/C17H18N2O2S/c1-13-6-8-14(9-7-13)11-22-12-17(21)19-18-10-15-4-2-3-5-16(15)20/h2-10,20H,11-12H2,1H3,(H,19,21). The predicted octanol–water partition coefficient (Wildman–Crippen LogP) is 3.08. The van der Waals surface area contributed by atoms with E-state index in [2.05, 4.69) is 34.8 Å². The number of phenols is 1. The molecule has 0 atom stereocenters. The number of hydrogen-bond donors (Lipinski definition) is 2. The summed E-state index contributed by atoms with van der Waals surface area (Å²) >= 11 is 1.53. The van der Waals surface area contributed by atoms with Crippen LogP contribution in [0.15, 0.2) is 53.6 Å². The topological polar surface area (TPSA) is 61.7 Å². The minimum Gasteiger partial charge on any atom is -0.507 e. The molecule has 0 spiro atoms. The number of aryl methyl sites for hydroxylation is 1. The Balaban J connectivity index is 1.72. The van der Waals surface area contributed by atoms with Crippen LogP contribution in [0.25, 0.3) is 0 Å². The Kier molecular flexibility index (Phi) is 6.03. The average molecular weight is 314 g/mol. The lowest BCUT2D eigenvalue weighted by Crippen LogP contribution is -2.19. The molecule has 0 saturated heterocycles. The molecule has 0 aliphatic carbocycles. The number of amides is 1. The summed E-state index contributed by atoms with van der Waals surface area (Å²) in [5.41, 5.74) is 5.44. The summed E-state index contributed by atoms with van der Waals surface area (Å²) in [6.45, 7) is 2.05. The molecule has 0 aliphatic rings. The highest BCUT2D eigenvalue weighted by atomic mass is 32.2. The second-order valence-electron chi connectivity index (χ2n) is 4.83. The number of rotatable bonds is 6. The monoisotopic (exact) mass is 314 g/mol. The second-order valence-corrected chi connectivity index (χ2v) is 5.82. The van der Waals surface area contributed by atoms with E-state index in [1.807, 2.05) is 6.92 Å². The number of thioether (sulfide) groups is 1. The van der Waals surface area contributed by atoms with Crippen LogP contribution in [0, 0.1) is 6.92 Å². The maximum absolute atomic E-state index is 11.7. The van der Waals surface area contributed by atoms with Gasteiger partial charge in [-0.25, -0.2) is 5.43 Å². The number of carbonyl (C=O) groups is 1. The number of aromatic hydroxyl groups is 1. The summed E-state index contributed by atoms with van der Waals surface area (Å²) in [6, 6.07) is 15.1. The normalized spacial score (nSPS) is 10.8. The van der Waals surface area contributed by atoms with Crippen molar-refractivity contribution in [2.24, 2.45) is 5.10 Å². The predicted molar refractivity (Wildman–Crippen MR) is 91.2 cm³/mol. The van der Waals surface area contributed by atoms with Gasteiger partial charge in [-0.15, -0.1) is 11.8 Å². The lowest BCUT2D eigenvalue weighted by molar-refractivity contribution is -0.118. The molecule has 2 rings (SSSR count). The highest BCUT2D eigenvalue weighted by Gasteiger charge is 2.01. The highest BCUT2D eigenvalue weighted by molar-refractivity contribution is 7.99. The molecule has 0 fully saturated rings. The van der Waals surface area contributed by atoms with Crippen LogP contribution < -0.4 is 5.43 Å². The SMILES string of the molecule is Cc1ccc(CSCC(=O)NN=Cc2ccccc2O)cc1. The molecule has 0 unspecified atom stereocenters. The van der Waals surface area contributed by atoms with Crippen molar-refractivity contribution >= 4 is 23.9 Å². The molecule has 0 bridgehead atoms. The number of hydrogen-bond acceptors (Lipinski definition) is 4. The average Bonchev–Trinajstić information content (AvgIpc) is 2.51. The van der Waals surface area contributed by atoms with Crippen molar-refractivity contribution in [2.45, 2.75) is 12.7 Å². The number of nitrogens with one attached hydrogen (secondary N) is 1. The van der Waals surface area contributed by atoms with E-state index in [0.717, 1.165) is 5.75 Å². The second kappa shape index (κ2) is 8.24. The third kappa shape index (κ3) is 5.26. The van der Waals surface area contributed by atoms with Crippen LogP contribution in [-0.4, -0.2) is 23.0 Å². The number of hydrazone groups is 1. The number of phenolic OH excluding ortho intramolecular Hbond substituents is 1. The van der Waals surface area contributed by atoms with Crippen LogP contribution in [0.4, 0.5) is 0 Å². The third-order valence-electron chi connectivity index (χ3n) is 2.95. The Morgan fingerprint density at radius 2 is 1.95 bits per heavy atom. The van der Waals surface area contributed by atoms with E-state index in [1.165, 1.54) is 29.1 Å². The molecule has 0 aromatic heterocycles. The van der Waals surface area contributed by atoms with Crippen LogP contribution in [0.2, 0.25) is 0 Å². The van der Waals surface area contributed by atoms with Crippen molar-refractivity contribution in [1.82, 2.24) is 5.43 Å². The molecule has 2 aromatic carbocycles. The molecular formula is C17H18N2O2S. The number of nitrogens with zero attached hydrogens (tertiary/aromatic N) is 1. The fourth-order valence-electron chi connectivity index (χ4n) is 1.75. The molecule has 4 nitrogen and oxygen atoms in total. The summed E-state index contributed by atoms with van der Waals surface area (Å²) < 4.78 is 0. The lowest BCUT2D eigenvalue weighted by Gasteiger charge is -2.02. The summed E-state index contributed by atoms with van der Waals surface area (Å²) in [5.74, 6) is 1.10. The van der Waals surface area contributed by atoms with E-state index in [9.17, 15) is 9.90 Å². The fourth-order valence-corrected chi connectivity index (χ4v) is 2.53. The first kappa shape index (κ1) is 16.1. The zero-order valence-electron chi connectivity index (χ0n) is 12.3. The molecule has 2 aromatic rings. The van der Waals surface area contributed by atoms with Crippen molar-refractivity contribution in [3.8, 4) is 5.75 Å². The minimum absolute atomic E-state index is 0.134. The molecule has 2 N–H and O–H groups in total. The van der Waals surface area contributed by atoms with E-state index >= 15 is 0 Å². The van der Waals surface area contributed by atoms with Gasteiger partial charge in [0, 0.05) is 11.3 Å². The largest absolute Gasteiger partial charge is 0.507 e. The molecule has 5 heteroatoms. The molecule has 0 heterocycles. The van der Waals surface area contributed by atoms with Gasteiger partial charge in [0.2, 0.25) is 5.91 Å². The van der Waals surface area contributed by atoms with Crippen LogP contribution >= 0.6 is 11.8 Å². The van der Waals surface area contributed by atoms with Crippen LogP contribution in [0.3, 0.4) is 0 Å². The molecule has 0 radical (unpaired) electrons. The fraction of sp³-hybridized carbons (Fsp3) is 0.176. The first-order valence-corrected chi connectivity index (χ1v) is 8.04. The molecule has 1 amide bonds. The first-order valence-electron chi connectivity index (χ1n) is 6.88. The summed E-state index contributed by atoms with van der Waals surface area (Å²) in [6.07, 6.45) is 1.43. The number of benzene rings is 2. The van der Waals surface area contributed by atoms with E-state index in [4.69, 9.17) is 0 Å². The van der Waals surface area contributed by atoms with Crippen LogP contribution in [0.1, 0.15) is 16.7 Å². The molecule has 0 aliphatic heterocycles. The summed E-state index contributed by atoms with van der Waals surface area (Å²) in [4.78, 5) is 11.7. The molecular weight excluding hydrogens is 296 g/mol. The van der Waals surface area contributed by atoms with Crippen molar-refractivity contribution in [3.05, 3.63) is 65.2 Å². The smallest absolute Gasteiger partial charge is 0.250 e. The van der Waals surface area contributed by atoms with Gasteiger partial charge in [0.15, 0.2) is 0 Å². The van der Waals surface area contributed by atoms with Gasteiger partial charge >= 0.3 is 0 Å². The third-order valence-corrected chi connectivity index (χ3v) is 3.96. The quantitative estimate of drug-likeness (QED) is 0.636. The van der Waals surface area contributed by atoms with Gasteiger partial charge in [-0.3, -0.25) is 4.79 Å². The van der Waals surface area contributed by atoms with E-state index in [0.29, 0.717) is 11.3 Å². The Labute approximate surface area is 134 Å². The van der Waals surface area contributed by atoms with E-state index in [-0.39, 0.29) is 11.7 Å². The molecule has 114 valence electrons. The maximum Gasteiger partial charge on any atom is 0.250 e. The van der Waals surface area contributed by atoms with Crippen molar-refractivity contribution in [1.29, 1.82) is 0 Å². The van der Waals surface area contributed by atoms with Gasteiger partial charge in [0.25, 0.3) is 0 Å². The van der Waals surface area contributed by atoms with Gasteiger partial charge in [-0.2, -0.15) is 5.10 Å². The van der Waals surface area contributed by atoms with Crippen molar-refractivity contribution < 1.29 is 9.90 Å². The molecule has 0 saturated carbocycles. The van der Waals surface area contributed by atoms with Crippen LogP contribution in [0.5, 0.6) is 5.75 Å². The van der Waals surface area contributed by atoms with Gasteiger partial charge < -0.3 is 5.11 Å². The zero-order chi connectivity index (χ0) is 15.8. The zero-order valence-corrected chi connectivity index (χ0v) is 13.1. The molecule has 22 heavy (non-hydrogen) atoms. The first-order chi connectivity index (χ1) is 10.6. The Morgan fingerprint density at radius 3 is 2.68 bits per heavy atom. The Hall–Kier alpha value is -2.27. The van der Waals surface area contributed by atoms with Crippen LogP contribution in [-0.2, 0) is 10.5 Å². The highest BCUT2D eigenvalue weighted by Crippen LogP contribution is 2.13. The van der Waals surface area contributed by atoms with Gasteiger partial charge in [-0.1, -0.05) is 42.0 Å². The van der Waals surface area contributed by atoms with Gasteiger partial charge in [-0.05, 0) is 24.6 Å². The van der Waals surface area contributed by atoms with E-state index < -0.39 is 0 Å². The van der Waals surface area contributed by atoms with Crippen molar-refractivity contribution in [2.75, 3.05) is 5.75 Å². The van der Waals surface area contributed by atoms with Gasteiger partial charge in [0.05, 0.1) is 12.0 Å². The minimum atomic E-state index is -0.163. The Morgan fingerprint density at radius 1 is 1.23 bits per heavy atom. The summed E-state index contributed by atoms with van der Waals surface area (Å²) in [7, 11) is 0. The maximum atomic E-state index is 11.7. The van der Waals surface area contributed by atoms with Crippen molar-refractivity contribution in [3.63, 3.8) is 0 Å². The summed E-state index contributed by atoms with van der Waals surface area (Å²) in [5, 5.41) is 13.4. The number of para-hydroxylation sites is 1. The number of carbonyl (C=O) groups excluding carboxylic acids is 1. The Bertz CT molecular complexity index is 654. The lowest BCUT2D eigenvalue weighted by atomic mass is 10.2. The van der Waals surface area contributed by atoms with Gasteiger partial charge in [0.1, 0.15) is 5.75 Å².